The highest BCUT2D eigenvalue weighted by atomic mass is 28.3. The topological polar surface area (TPSA) is 108 Å². The van der Waals surface area contributed by atoms with E-state index in [4.69, 9.17) is 19.9 Å². The molecule has 32 heavy (non-hydrogen) atoms. The molecule has 3 N–H and O–H groups in total. The minimum Gasteiger partial charge on any atom is -0.504 e. The molecule has 0 unspecified atom stereocenters. The lowest BCUT2D eigenvalue weighted by atomic mass is 10.1. The van der Waals surface area contributed by atoms with Gasteiger partial charge in [0.15, 0.2) is 11.5 Å². The molecular weight excluding hydrogens is 426 g/mol. The molecule has 0 bridgehead atoms. The third-order valence-corrected chi connectivity index (χ3v) is 6.12. The van der Waals surface area contributed by atoms with Crippen LogP contribution in [0.25, 0.3) is 0 Å². The summed E-state index contributed by atoms with van der Waals surface area (Å²) in [5, 5.41) is 10.3. The monoisotopic (exact) mass is 459 g/mol. The SMILES string of the molecule is CC(C)(C)OC(=O)c1cccc(O)c1OCc1cc(N)ccc1C(=O)OCC[Si](C)(C)C. The zero-order valence-electron chi connectivity index (χ0n) is 19.7. The molecule has 0 heterocycles. The minimum atomic E-state index is -1.34. The van der Waals surface area contributed by atoms with Gasteiger partial charge in [-0.3, -0.25) is 0 Å². The molecule has 0 saturated heterocycles. The molecule has 0 atom stereocenters. The van der Waals surface area contributed by atoms with Crippen LogP contribution >= 0.6 is 0 Å². The van der Waals surface area contributed by atoms with Crippen molar-refractivity contribution >= 4 is 25.7 Å². The van der Waals surface area contributed by atoms with Crippen molar-refractivity contribution in [1.29, 1.82) is 0 Å². The van der Waals surface area contributed by atoms with E-state index in [0.29, 0.717) is 23.4 Å². The van der Waals surface area contributed by atoms with Gasteiger partial charge in [0, 0.05) is 19.3 Å². The molecule has 2 aromatic rings. The number of esters is 2. The third-order valence-electron chi connectivity index (χ3n) is 4.42. The molecule has 0 aliphatic heterocycles. The number of aromatic hydroxyl groups is 1. The highest BCUT2D eigenvalue weighted by Crippen LogP contribution is 2.32. The zero-order chi connectivity index (χ0) is 24.1. The van der Waals surface area contributed by atoms with Gasteiger partial charge in [-0.1, -0.05) is 25.7 Å². The van der Waals surface area contributed by atoms with Crippen molar-refractivity contribution < 1.29 is 28.9 Å². The lowest BCUT2D eigenvalue weighted by Gasteiger charge is -2.21. The molecule has 0 aromatic heterocycles. The molecule has 0 radical (unpaired) electrons. The van der Waals surface area contributed by atoms with E-state index >= 15 is 0 Å². The van der Waals surface area contributed by atoms with Crippen LogP contribution in [0.2, 0.25) is 25.7 Å². The van der Waals surface area contributed by atoms with Crippen LogP contribution in [0.1, 0.15) is 47.1 Å². The summed E-state index contributed by atoms with van der Waals surface area (Å²) in [7, 11) is -1.34. The molecular formula is C24H33NO6Si. The fourth-order valence-corrected chi connectivity index (χ4v) is 3.49. The fourth-order valence-electron chi connectivity index (χ4n) is 2.78. The second-order valence-corrected chi connectivity index (χ2v) is 15.4. The van der Waals surface area contributed by atoms with Crippen molar-refractivity contribution in [2.75, 3.05) is 12.3 Å². The van der Waals surface area contributed by atoms with Crippen molar-refractivity contribution in [2.24, 2.45) is 0 Å². The number of carbonyl (C=O) groups excluding carboxylic acids is 2. The van der Waals surface area contributed by atoms with Gasteiger partial charge in [-0.15, -0.1) is 0 Å². The fraction of sp³-hybridized carbons (Fsp3) is 0.417. The van der Waals surface area contributed by atoms with E-state index in [2.05, 4.69) is 19.6 Å². The van der Waals surface area contributed by atoms with E-state index in [0.717, 1.165) is 6.04 Å². The number of hydrogen-bond donors (Lipinski definition) is 2. The second-order valence-electron chi connectivity index (χ2n) is 9.81. The quantitative estimate of drug-likeness (QED) is 0.325. The van der Waals surface area contributed by atoms with Crippen molar-refractivity contribution in [1.82, 2.24) is 0 Å². The number of benzene rings is 2. The highest BCUT2D eigenvalue weighted by Gasteiger charge is 2.24. The number of rotatable bonds is 8. The van der Waals surface area contributed by atoms with Crippen LogP contribution in [0, 0.1) is 0 Å². The first-order valence-corrected chi connectivity index (χ1v) is 14.2. The summed E-state index contributed by atoms with van der Waals surface area (Å²) < 4.78 is 16.6. The van der Waals surface area contributed by atoms with Crippen LogP contribution in [0.3, 0.4) is 0 Å². The molecule has 0 aliphatic rings. The molecule has 174 valence electrons. The van der Waals surface area contributed by atoms with Gasteiger partial charge in [-0.25, -0.2) is 9.59 Å². The third kappa shape index (κ3) is 7.60. The Morgan fingerprint density at radius 1 is 1.03 bits per heavy atom. The molecule has 2 rings (SSSR count). The average molecular weight is 460 g/mol. The second kappa shape index (κ2) is 10.1. The summed E-state index contributed by atoms with van der Waals surface area (Å²) in [6.07, 6.45) is 0. The number of ether oxygens (including phenoxy) is 3. The standard InChI is InChI=1S/C24H33NO6Si/c1-24(2,3)31-23(28)19-8-7-9-20(26)21(19)30-15-16-14-17(25)10-11-18(16)22(27)29-12-13-32(4,5)6/h7-11,14,26H,12-13,15,25H2,1-6H3. The number of phenolic OH excluding ortho intramolecular Hbond substituents is 1. The summed E-state index contributed by atoms with van der Waals surface area (Å²) in [4.78, 5) is 25.2. The van der Waals surface area contributed by atoms with E-state index in [9.17, 15) is 14.7 Å². The Labute approximate surface area is 190 Å². The van der Waals surface area contributed by atoms with Crippen LogP contribution in [0.4, 0.5) is 5.69 Å². The Bertz CT molecular complexity index is 975. The van der Waals surface area contributed by atoms with Crippen LogP contribution in [-0.4, -0.2) is 37.3 Å². The van der Waals surface area contributed by atoms with Crippen LogP contribution in [0.15, 0.2) is 36.4 Å². The summed E-state index contributed by atoms with van der Waals surface area (Å²) in [6.45, 7) is 12.1. The number of anilines is 1. The molecule has 0 fully saturated rings. The number of nitrogen functional groups attached to an aromatic ring is 1. The normalized spacial score (nSPS) is 11.7. The number of para-hydroxylation sites is 1. The Kier molecular flexibility index (Phi) is 7.96. The first-order chi connectivity index (χ1) is 14.8. The van der Waals surface area contributed by atoms with Crippen LogP contribution < -0.4 is 10.5 Å². The van der Waals surface area contributed by atoms with Crippen molar-refractivity contribution in [3.63, 3.8) is 0 Å². The predicted octanol–water partition coefficient (Wildman–Crippen LogP) is 5.00. The van der Waals surface area contributed by atoms with Gasteiger partial charge < -0.3 is 25.1 Å². The van der Waals surface area contributed by atoms with Gasteiger partial charge in [-0.2, -0.15) is 0 Å². The Hall–Kier alpha value is -3.00. The average Bonchev–Trinajstić information content (AvgIpc) is 2.64. The van der Waals surface area contributed by atoms with Gasteiger partial charge in [0.2, 0.25) is 0 Å². The highest BCUT2D eigenvalue weighted by molar-refractivity contribution is 6.76. The van der Waals surface area contributed by atoms with E-state index in [-0.39, 0.29) is 23.7 Å². The van der Waals surface area contributed by atoms with E-state index < -0.39 is 25.6 Å². The van der Waals surface area contributed by atoms with Crippen molar-refractivity contribution in [3.8, 4) is 11.5 Å². The number of nitrogens with two attached hydrogens (primary N) is 1. The van der Waals surface area contributed by atoms with Gasteiger partial charge in [0.1, 0.15) is 17.8 Å². The maximum Gasteiger partial charge on any atom is 0.342 e. The molecule has 0 spiro atoms. The van der Waals surface area contributed by atoms with Gasteiger partial charge >= 0.3 is 11.9 Å². The summed E-state index contributed by atoms with van der Waals surface area (Å²) >= 11 is 0. The summed E-state index contributed by atoms with van der Waals surface area (Å²) in [5.41, 5.74) is 6.55. The lowest BCUT2D eigenvalue weighted by molar-refractivity contribution is 0.00643. The number of hydrogen-bond acceptors (Lipinski definition) is 7. The predicted molar refractivity (Wildman–Crippen MR) is 127 cm³/mol. The molecule has 8 heteroatoms. The van der Waals surface area contributed by atoms with Gasteiger partial charge in [0.05, 0.1) is 12.2 Å². The Morgan fingerprint density at radius 2 is 1.72 bits per heavy atom. The largest absolute Gasteiger partial charge is 0.504 e. The maximum atomic E-state index is 12.6. The van der Waals surface area contributed by atoms with E-state index in [1.54, 1.807) is 39.0 Å². The molecule has 7 nitrogen and oxygen atoms in total. The first-order valence-electron chi connectivity index (χ1n) is 10.5. The van der Waals surface area contributed by atoms with Crippen molar-refractivity contribution in [3.05, 3.63) is 53.1 Å². The Balaban J connectivity index is 2.23. The van der Waals surface area contributed by atoms with Crippen LogP contribution in [0.5, 0.6) is 11.5 Å². The molecule has 0 amide bonds. The summed E-state index contributed by atoms with van der Waals surface area (Å²) in [5.74, 6) is -1.33. The number of phenols is 1. The van der Waals surface area contributed by atoms with Gasteiger partial charge in [-0.05, 0) is 57.1 Å². The zero-order valence-corrected chi connectivity index (χ0v) is 20.7. The molecule has 2 aromatic carbocycles. The van der Waals surface area contributed by atoms with Gasteiger partial charge in [0.25, 0.3) is 0 Å². The Morgan fingerprint density at radius 3 is 2.34 bits per heavy atom. The van der Waals surface area contributed by atoms with E-state index in [1.807, 2.05) is 0 Å². The summed E-state index contributed by atoms with van der Waals surface area (Å²) in [6, 6.07) is 10.1. The molecule has 0 saturated carbocycles. The van der Waals surface area contributed by atoms with Crippen LogP contribution in [-0.2, 0) is 16.1 Å². The number of carbonyl (C=O) groups is 2. The van der Waals surface area contributed by atoms with E-state index in [1.165, 1.54) is 18.2 Å². The maximum absolute atomic E-state index is 12.6. The lowest BCUT2D eigenvalue weighted by Crippen LogP contribution is -2.24. The minimum absolute atomic E-state index is 0.0257. The first kappa shape index (κ1) is 25.3. The smallest absolute Gasteiger partial charge is 0.342 e. The van der Waals surface area contributed by atoms with Crippen molar-refractivity contribution in [2.45, 2.75) is 58.7 Å². The molecule has 0 aliphatic carbocycles.